The van der Waals surface area contributed by atoms with Gasteiger partial charge < -0.3 is 9.67 Å². The lowest BCUT2D eigenvalue weighted by atomic mass is 10.1. The van der Waals surface area contributed by atoms with Crippen molar-refractivity contribution >= 4 is 27.9 Å². The smallest absolute Gasteiger partial charge is 0.332 e. The second kappa shape index (κ2) is 8.22. The molecule has 0 saturated heterocycles. The highest BCUT2D eigenvalue weighted by Gasteiger charge is 2.18. The SMILES string of the molecule is CC(C)CCn1c(Cn2c(=O)n(CC(=O)O)c(=O)c3ccccc32)nc2ccccc21. The van der Waals surface area contributed by atoms with Crippen LogP contribution in [0.2, 0.25) is 0 Å². The van der Waals surface area contributed by atoms with E-state index in [1.165, 1.54) is 4.57 Å². The highest BCUT2D eigenvalue weighted by Crippen LogP contribution is 2.19. The summed E-state index contributed by atoms with van der Waals surface area (Å²) in [5.74, 6) is -0.0603. The van der Waals surface area contributed by atoms with Crippen LogP contribution >= 0.6 is 0 Å². The number of aliphatic carboxylic acids is 1. The number of hydrogen-bond acceptors (Lipinski definition) is 4. The number of aromatic nitrogens is 4. The van der Waals surface area contributed by atoms with Gasteiger partial charge in [0.1, 0.15) is 12.4 Å². The molecule has 4 rings (SSSR count). The zero-order chi connectivity index (χ0) is 22.1. The van der Waals surface area contributed by atoms with Crippen LogP contribution < -0.4 is 11.2 Å². The molecular weight excluding hydrogens is 396 g/mol. The number of benzene rings is 2. The number of carbonyl (C=O) groups is 1. The Balaban J connectivity index is 1.92. The maximum Gasteiger partial charge on any atom is 0.332 e. The molecule has 0 unspecified atom stereocenters. The van der Waals surface area contributed by atoms with Crippen molar-refractivity contribution in [3.8, 4) is 0 Å². The molecule has 0 aliphatic heterocycles. The Labute approximate surface area is 178 Å². The van der Waals surface area contributed by atoms with Crippen molar-refractivity contribution in [1.29, 1.82) is 0 Å². The molecule has 2 heterocycles. The van der Waals surface area contributed by atoms with Gasteiger partial charge in [0.2, 0.25) is 0 Å². The van der Waals surface area contributed by atoms with Crippen LogP contribution in [0.15, 0.2) is 58.1 Å². The van der Waals surface area contributed by atoms with E-state index in [0.717, 1.165) is 28.6 Å². The number of imidazole rings is 1. The Hall–Kier alpha value is -3.68. The summed E-state index contributed by atoms with van der Waals surface area (Å²) in [6.07, 6.45) is 0.946. The van der Waals surface area contributed by atoms with Crippen LogP contribution in [0.4, 0.5) is 0 Å². The van der Waals surface area contributed by atoms with Gasteiger partial charge >= 0.3 is 11.7 Å². The molecule has 0 spiro atoms. The Morgan fingerprint density at radius 1 is 0.968 bits per heavy atom. The van der Waals surface area contributed by atoms with Gasteiger partial charge in [0.05, 0.1) is 28.5 Å². The molecule has 2 aromatic carbocycles. The number of hydrogen-bond donors (Lipinski definition) is 1. The van der Waals surface area contributed by atoms with E-state index >= 15 is 0 Å². The number of rotatable bonds is 7. The Kier molecular flexibility index (Phi) is 5.46. The minimum absolute atomic E-state index is 0.131. The van der Waals surface area contributed by atoms with Crippen LogP contribution in [0.5, 0.6) is 0 Å². The van der Waals surface area contributed by atoms with E-state index in [2.05, 4.69) is 18.4 Å². The van der Waals surface area contributed by atoms with Gasteiger partial charge in [0.15, 0.2) is 0 Å². The summed E-state index contributed by atoms with van der Waals surface area (Å²) in [4.78, 5) is 41.9. The average Bonchev–Trinajstić information content (AvgIpc) is 3.09. The third-order valence-corrected chi connectivity index (χ3v) is 5.39. The highest BCUT2D eigenvalue weighted by molar-refractivity contribution is 5.79. The molecular formula is C23H24N4O4. The lowest BCUT2D eigenvalue weighted by Gasteiger charge is -2.15. The monoisotopic (exact) mass is 420 g/mol. The molecule has 1 N–H and O–H groups in total. The van der Waals surface area contributed by atoms with Gasteiger partial charge in [-0.15, -0.1) is 0 Å². The number of fused-ring (bicyclic) bond motifs is 2. The topological polar surface area (TPSA) is 99.1 Å². The molecule has 4 aromatic rings. The van der Waals surface area contributed by atoms with Crippen LogP contribution in [0, 0.1) is 5.92 Å². The van der Waals surface area contributed by atoms with E-state index < -0.39 is 23.8 Å². The van der Waals surface area contributed by atoms with E-state index in [1.54, 1.807) is 24.3 Å². The third-order valence-electron chi connectivity index (χ3n) is 5.39. The summed E-state index contributed by atoms with van der Waals surface area (Å²) in [7, 11) is 0. The Bertz CT molecular complexity index is 1390. The summed E-state index contributed by atoms with van der Waals surface area (Å²) in [6.45, 7) is 4.49. The lowest BCUT2D eigenvalue weighted by Crippen LogP contribution is -2.42. The van der Waals surface area contributed by atoms with E-state index in [9.17, 15) is 19.5 Å². The minimum Gasteiger partial charge on any atom is -0.480 e. The van der Waals surface area contributed by atoms with Gasteiger partial charge in [-0.25, -0.2) is 14.3 Å². The predicted octanol–water partition coefficient (Wildman–Crippen LogP) is 2.69. The molecule has 0 bridgehead atoms. The highest BCUT2D eigenvalue weighted by atomic mass is 16.4. The van der Waals surface area contributed by atoms with Gasteiger partial charge in [-0.3, -0.25) is 14.2 Å². The summed E-state index contributed by atoms with van der Waals surface area (Å²) >= 11 is 0. The summed E-state index contributed by atoms with van der Waals surface area (Å²) in [6, 6.07) is 14.5. The van der Waals surface area contributed by atoms with Crippen LogP contribution in [-0.2, 0) is 24.4 Å². The number of aryl methyl sites for hydroxylation is 1. The minimum atomic E-state index is -1.25. The zero-order valence-corrected chi connectivity index (χ0v) is 17.5. The van der Waals surface area contributed by atoms with Crippen molar-refractivity contribution in [1.82, 2.24) is 18.7 Å². The van der Waals surface area contributed by atoms with Crippen molar-refractivity contribution in [2.24, 2.45) is 5.92 Å². The molecule has 0 aliphatic rings. The Morgan fingerprint density at radius 3 is 2.35 bits per heavy atom. The van der Waals surface area contributed by atoms with Gasteiger partial charge in [0, 0.05) is 6.54 Å². The standard InChI is InChI=1S/C23H24N4O4/c1-15(2)11-12-25-19-10-6-4-8-17(19)24-20(25)13-26-18-9-5-3-7-16(18)22(30)27(23(26)31)14-21(28)29/h3-10,15H,11-14H2,1-2H3,(H,28,29). The molecule has 160 valence electrons. The fourth-order valence-corrected chi connectivity index (χ4v) is 3.82. The second-order valence-electron chi connectivity index (χ2n) is 8.02. The molecule has 0 radical (unpaired) electrons. The average molecular weight is 420 g/mol. The lowest BCUT2D eigenvalue weighted by molar-refractivity contribution is -0.137. The summed E-state index contributed by atoms with van der Waals surface area (Å²) in [5.41, 5.74) is 1.01. The van der Waals surface area contributed by atoms with Gasteiger partial charge in [-0.2, -0.15) is 0 Å². The van der Waals surface area contributed by atoms with Crippen molar-refractivity contribution in [3.63, 3.8) is 0 Å². The maximum atomic E-state index is 13.2. The van der Waals surface area contributed by atoms with Crippen molar-refractivity contribution in [3.05, 3.63) is 75.2 Å². The fourth-order valence-electron chi connectivity index (χ4n) is 3.82. The molecule has 31 heavy (non-hydrogen) atoms. The molecule has 2 aromatic heterocycles. The Morgan fingerprint density at radius 2 is 1.65 bits per heavy atom. The van der Waals surface area contributed by atoms with Crippen LogP contribution in [-0.4, -0.2) is 29.8 Å². The first kappa shape index (κ1) is 20.6. The molecule has 0 saturated carbocycles. The van der Waals surface area contributed by atoms with E-state index in [1.807, 2.05) is 24.3 Å². The number of carboxylic acid groups (broad SMARTS) is 1. The van der Waals surface area contributed by atoms with Gasteiger partial charge in [-0.1, -0.05) is 38.1 Å². The van der Waals surface area contributed by atoms with Gasteiger partial charge in [-0.05, 0) is 36.6 Å². The number of para-hydroxylation sites is 3. The first-order chi connectivity index (χ1) is 14.9. The van der Waals surface area contributed by atoms with Crippen molar-refractivity contribution < 1.29 is 9.90 Å². The second-order valence-corrected chi connectivity index (χ2v) is 8.02. The van der Waals surface area contributed by atoms with Crippen LogP contribution in [0.1, 0.15) is 26.1 Å². The first-order valence-electron chi connectivity index (χ1n) is 10.2. The first-order valence-corrected chi connectivity index (χ1v) is 10.2. The molecule has 0 atom stereocenters. The fraction of sp³-hybridized carbons (Fsp3) is 0.304. The largest absolute Gasteiger partial charge is 0.480 e. The molecule has 0 fully saturated rings. The molecule has 0 aliphatic carbocycles. The number of carboxylic acids is 1. The maximum absolute atomic E-state index is 13.2. The molecule has 8 nitrogen and oxygen atoms in total. The van der Waals surface area contributed by atoms with Crippen molar-refractivity contribution in [2.45, 2.75) is 39.9 Å². The molecule has 8 heteroatoms. The van der Waals surface area contributed by atoms with Crippen LogP contribution in [0.25, 0.3) is 21.9 Å². The predicted molar refractivity (Wildman–Crippen MR) is 118 cm³/mol. The van der Waals surface area contributed by atoms with E-state index in [0.29, 0.717) is 22.6 Å². The van der Waals surface area contributed by atoms with Crippen molar-refractivity contribution in [2.75, 3.05) is 0 Å². The molecule has 0 amide bonds. The van der Waals surface area contributed by atoms with Gasteiger partial charge in [0.25, 0.3) is 5.56 Å². The van der Waals surface area contributed by atoms with E-state index in [-0.39, 0.29) is 6.54 Å². The van der Waals surface area contributed by atoms with Crippen LogP contribution in [0.3, 0.4) is 0 Å². The quantitative estimate of drug-likeness (QED) is 0.496. The normalized spacial score (nSPS) is 11.6. The summed E-state index contributed by atoms with van der Waals surface area (Å²) in [5, 5.41) is 9.50. The summed E-state index contributed by atoms with van der Waals surface area (Å²) < 4.78 is 4.31. The number of nitrogens with zero attached hydrogens (tertiary/aromatic N) is 4. The zero-order valence-electron chi connectivity index (χ0n) is 17.5. The van der Waals surface area contributed by atoms with E-state index in [4.69, 9.17) is 4.98 Å². The third kappa shape index (κ3) is 3.88.